The van der Waals surface area contributed by atoms with E-state index >= 15 is 0 Å². The lowest BCUT2D eigenvalue weighted by Gasteiger charge is -2.01. The Bertz CT molecular complexity index is 811. The van der Waals surface area contributed by atoms with Crippen LogP contribution in [0.15, 0.2) is 30.5 Å². The molecule has 0 saturated carbocycles. The van der Waals surface area contributed by atoms with Crippen molar-refractivity contribution < 1.29 is 14.3 Å². The van der Waals surface area contributed by atoms with Crippen LogP contribution in [-0.4, -0.2) is 30.6 Å². The van der Waals surface area contributed by atoms with E-state index in [9.17, 15) is 9.18 Å². The highest BCUT2D eigenvalue weighted by Crippen LogP contribution is 2.21. The molecule has 0 aliphatic heterocycles. The second-order valence-electron chi connectivity index (χ2n) is 4.21. The Kier molecular flexibility index (Phi) is 2.67. The Morgan fingerprint density at radius 1 is 1.25 bits per heavy atom. The number of imidazole rings is 1. The lowest BCUT2D eigenvalue weighted by molar-refractivity contribution is 0.0690. The van der Waals surface area contributed by atoms with E-state index in [1.54, 1.807) is 23.7 Å². The van der Waals surface area contributed by atoms with Gasteiger partial charge < -0.3 is 9.67 Å². The molecular weight excluding hydrogens is 263 g/mol. The van der Waals surface area contributed by atoms with Gasteiger partial charge >= 0.3 is 5.97 Å². The van der Waals surface area contributed by atoms with Crippen molar-refractivity contribution in [1.82, 2.24) is 19.5 Å². The zero-order valence-electron chi connectivity index (χ0n) is 10.4. The third kappa shape index (κ3) is 1.89. The number of aromatic nitrogens is 4. The van der Waals surface area contributed by atoms with Crippen LogP contribution in [0.1, 0.15) is 10.5 Å². The Labute approximate surface area is 112 Å². The highest BCUT2D eigenvalue weighted by molar-refractivity contribution is 5.87. The number of benzene rings is 1. The summed E-state index contributed by atoms with van der Waals surface area (Å²) in [7, 11) is 1.70. The van der Waals surface area contributed by atoms with Crippen LogP contribution in [0.3, 0.4) is 0 Å². The van der Waals surface area contributed by atoms with Crippen molar-refractivity contribution in [2.75, 3.05) is 0 Å². The number of carbonyl (C=O) groups is 1. The van der Waals surface area contributed by atoms with Gasteiger partial charge in [-0.3, -0.25) is 0 Å². The molecule has 3 aromatic rings. The molecule has 0 aliphatic carbocycles. The summed E-state index contributed by atoms with van der Waals surface area (Å²) in [6.45, 7) is 0. The zero-order valence-corrected chi connectivity index (χ0v) is 10.4. The van der Waals surface area contributed by atoms with Crippen LogP contribution >= 0.6 is 0 Å². The third-order valence-corrected chi connectivity index (χ3v) is 2.90. The number of aryl methyl sites for hydroxylation is 1. The van der Waals surface area contributed by atoms with Gasteiger partial charge in [-0.1, -0.05) is 0 Å². The number of halogens is 1. The Morgan fingerprint density at radius 2 is 1.95 bits per heavy atom. The first-order valence-electron chi connectivity index (χ1n) is 5.75. The summed E-state index contributed by atoms with van der Waals surface area (Å²) >= 11 is 0. The number of aromatic carboxylic acids is 1. The number of hydrogen-bond donors (Lipinski definition) is 1. The fourth-order valence-corrected chi connectivity index (χ4v) is 1.91. The monoisotopic (exact) mass is 272 g/mol. The number of carboxylic acid groups (broad SMARTS) is 1. The van der Waals surface area contributed by atoms with Crippen LogP contribution in [0, 0.1) is 5.82 Å². The van der Waals surface area contributed by atoms with Gasteiger partial charge in [0.25, 0.3) is 0 Å². The molecule has 1 N–H and O–H groups in total. The molecule has 6 nitrogen and oxygen atoms in total. The molecule has 2 aromatic heterocycles. The van der Waals surface area contributed by atoms with E-state index in [1.807, 2.05) is 0 Å². The minimum atomic E-state index is -1.15. The van der Waals surface area contributed by atoms with Gasteiger partial charge in [0, 0.05) is 12.6 Å². The van der Waals surface area contributed by atoms with Crippen molar-refractivity contribution in [2.45, 2.75) is 0 Å². The molecule has 0 bridgehead atoms. The molecule has 7 heteroatoms. The van der Waals surface area contributed by atoms with Crippen LogP contribution in [0.2, 0.25) is 0 Å². The molecule has 0 amide bonds. The lowest BCUT2D eigenvalue weighted by Crippen LogP contribution is -2.03. The van der Waals surface area contributed by atoms with Crippen LogP contribution in [0.25, 0.3) is 22.7 Å². The minimum absolute atomic E-state index is 0.147. The number of fused-ring (bicyclic) bond motifs is 1. The second kappa shape index (κ2) is 4.37. The van der Waals surface area contributed by atoms with Gasteiger partial charge in [0.05, 0.1) is 6.20 Å². The van der Waals surface area contributed by atoms with Crippen molar-refractivity contribution in [3.63, 3.8) is 0 Å². The number of rotatable bonds is 2. The first kappa shape index (κ1) is 12.2. The summed E-state index contributed by atoms with van der Waals surface area (Å²) in [5, 5.41) is 8.92. The van der Waals surface area contributed by atoms with E-state index in [0.29, 0.717) is 22.7 Å². The quantitative estimate of drug-likeness (QED) is 0.770. The summed E-state index contributed by atoms with van der Waals surface area (Å²) in [5.41, 5.74) is 1.26. The molecule has 100 valence electrons. The summed E-state index contributed by atoms with van der Waals surface area (Å²) in [6.07, 6.45) is 1.16. The molecule has 1 aromatic carbocycles. The van der Waals surface area contributed by atoms with Crippen molar-refractivity contribution in [3.8, 4) is 11.4 Å². The van der Waals surface area contributed by atoms with Crippen LogP contribution in [-0.2, 0) is 7.05 Å². The molecule has 20 heavy (non-hydrogen) atoms. The Balaban J connectivity index is 2.20. The fraction of sp³-hybridized carbons (Fsp3) is 0.0769. The maximum absolute atomic E-state index is 12.9. The van der Waals surface area contributed by atoms with E-state index in [4.69, 9.17) is 5.11 Å². The van der Waals surface area contributed by atoms with E-state index in [-0.39, 0.29) is 11.5 Å². The number of hydrogen-bond acceptors (Lipinski definition) is 4. The van der Waals surface area contributed by atoms with Gasteiger partial charge in [-0.25, -0.2) is 24.1 Å². The molecular formula is C13H9FN4O2. The Hall–Kier alpha value is -2.83. The van der Waals surface area contributed by atoms with E-state index in [2.05, 4.69) is 15.0 Å². The van der Waals surface area contributed by atoms with Crippen molar-refractivity contribution in [1.29, 1.82) is 0 Å². The lowest BCUT2D eigenvalue weighted by atomic mass is 10.2. The maximum Gasteiger partial charge on any atom is 0.356 e. The molecule has 0 fully saturated rings. The predicted octanol–water partition coefficient (Wildman–Crippen LogP) is 1.87. The molecule has 3 rings (SSSR count). The molecule has 0 radical (unpaired) electrons. The molecule has 0 atom stereocenters. The summed E-state index contributed by atoms with van der Waals surface area (Å²) in [4.78, 5) is 23.2. The topological polar surface area (TPSA) is 80.9 Å². The van der Waals surface area contributed by atoms with Gasteiger partial charge in [-0.05, 0) is 24.3 Å². The van der Waals surface area contributed by atoms with E-state index in [0.717, 1.165) is 6.20 Å². The Morgan fingerprint density at radius 3 is 2.60 bits per heavy atom. The standard InChI is InChI=1S/C13H9FN4O2/c1-18-11(7-2-4-8(14)5-3-7)17-10-12(18)16-9(6-15-10)13(19)20/h2-6H,1H3,(H,19,20). The normalized spacial score (nSPS) is 10.9. The SMILES string of the molecule is Cn1c(-c2ccc(F)cc2)nc2ncc(C(=O)O)nc21. The van der Waals surface area contributed by atoms with Gasteiger partial charge in [0.1, 0.15) is 11.6 Å². The molecule has 2 heterocycles. The van der Waals surface area contributed by atoms with Crippen molar-refractivity contribution >= 4 is 17.3 Å². The van der Waals surface area contributed by atoms with Crippen molar-refractivity contribution in [2.24, 2.45) is 7.05 Å². The second-order valence-corrected chi connectivity index (χ2v) is 4.21. The maximum atomic E-state index is 12.9. The number of carboxylic acids is 1. The van der Waals surface area contributed by atoms with Gasteiger partial charge in [0.2, 0.25) is 0 Å². The largest absolute Gasteiger partial charge is 0.476 e. The van der Waals surface area contributed by atoms with E-state index < -0.39 is 5.97 Å². The summed E-state index contributed by atoms with van der Waals surface area (Å²) < 4.78 is 14.6. The van der Waals surface area contributed by atoms with Gasteiger partial charge in [0.15, 0.2) is 17.0 Å². The van der Waals surface area contributed by atoms with Gasteiger partial charge in [-0.2, -0.15) is 0 Å². The highest BCUT2D eigenvalue weighted by Gasteiger charge is 2.14. The first-order valence-corrected chi connectivity index (χ1v) is 5.75. The molecule has 0 aliphatic rings. The highest BCUT2D eigenvalue weighted by atomic mass is 19.1. The molecule has 0 saturated heterocycles. The fourth-order valence-electron chi connectivity index (χ4n) is 1.91. The zero-order chi connectivity index (χ0) is 14.3. The smallest absolute Gasteiger partial charge is 0.356 e. The predicted molar refractivity (Wildman–Crippen MR) is 68.7 cm³/mol. The van der Waals surface area contributed by atoms with Crippen molar-refractivity contribution in [3.05, 3.63) is 42.0 Å². The minimum Gasteiger partial charge on any atom is -0.476 e. The number of nitrogens with zero attached hydrogens (tertiary/aromatic N) is 4. The average molecular weight is 272 g/mol. The summed E-state index contributed by atoms with van der Waals surface area (Å²) in [6, 6.07) is 5.85. The first-order chi connectivity index (χ1) is 9.56. The third-order valence-electron chi connectivity index (χ3n) is 2.90. The molecule has 0 unspecified atom stereocenters. The average Bonchev–Trinajstić information content (AvgIpc) is 2.76. The van der Waals surface area contributed by atoms with Crippen LogP contribution in [0.5, 0.6) is 0 Å². The summed E-state index contributed by atoms with van der Waals surface area (Å²) in [5.74, 6) is -0.941. The molecule has 0 spiro atoms. The van der Waals surface area contributed by atoms with Crippen LogP contribution in [0.4, 0.5) is 4.39 Å². The van der Waals surface area contributed by atoms with E-state index in [1.165, 1.54) is 12.1 Å². The van der Waals surface area contributed by atoms with Gasteiger partial charge in [-0.15, -0.1) is 0 Å². The van der Waals surface area contributed by atoms with Crippen LogP contribution < -0.4 is 0 Å².